The molecule has 0 aliphatic heterocycles. The third kappa shape index (κ3) is 2.00. The summed E-state index contributed by atoms with van der Waals surface area (Å²) in [7, 11) is 0. The summed E-state index contributed by atoms with van der Waals surface area (Å²) in [6.07, 6.45) is 3.09. The molecule has 0 aliphatic carbocycles. The minimum Gasteiger partial charge on any atom is -0.456 e. The SMILES string of the molecule is Fc1cc(Oc2cccc3ncccc23)ccn1. The maximum Gasteiger partial charge on any atom is 0.216 e. The molecule has 3 nitrogen and oxygen atoms in total. The predicted octanol–water partition coefficient (Wildman–Crippen LogP) is 3.56. The first-order chi connectivity index (χ1) is 8.83. The van der Waals surface area contributed by atoms with Crippen molar-refractivity contribution in [2.75, 3.05) is 0 Å². The first kappa shape index (κ1) is 10.7. The van der Waals surface area contributed by atoms with Crippen molar-refractivity contribution in [3.05, 3.63) is 60.8 Å². The Balaban J connectivity index is 2.05. The smallest absolute Gasteiger partial charge is 0.216 e. The van der Waals surface area contributed by atoms with Gasteiger partial charge in [-0.25, -0.2) is 4.98 Å². The fraction of sp³-hybridized carbons (Fsp3) is 0. The van der Waals surface area contributed by atoms with Gasteiger partial charge >= 0.3 is 0 Å². The average molecular weight is 240 g/mol. The van der Waals surface area contributed by atoms with Gasteiger partial charge in [0.1, 0.15) is 11.5 Å². The fourth-order valence-electron chi connectivity index (χ4n) is 1.74. The monoisotopic (exact) mass is 240 g/mol. The van der Waals surface area contributed by atoms with E-state index in [1.807, 2.05) is 30.3 Å². The number of halogens is 1. The number of hydrogen-bond donors (Lipinski definition) is 0. The van der Waals surface area contributed by atoms with Crippen LogP contribution < -0.4 is 4.74 Å². The third-order valence-corrected chi connectivity index (χ3v) is 2.53. The van der Waals surface area contributed by atoms with Crippen LogP contribution >= 0.6 is 0 Å². The third-order valence-electron chi connectivity index (χ3n) is 2.53. The molecule has 0 spiro atoms. The summed E-state index contributed by atoms with van der Waals surface area (Å²) in [5, 5.41) is 0.886. The Labute approximate surface area is 103 Å². The first-order valence-electron chi connectivity index (χ1n) is 5.46. The highest BCUT2D eigenvalue weighted by Crippen LogP contribution is 2.28. The van der Waals surface area contributed by atoms with Gasteiger partial charge in [-0.1, -0.05) is 6.07 Å². The lowest BCUT2D eigenvalue weighted by Gasteiger charge is -2.08. The Morgan fingerprint density at radius 1 is 0.944 bits per heavy atom. The molecule has 18 heavy (non-hydrogen) atoms. The first-order valence-corrected chi connectivity index (χ1v) is 5.46. The minimum absolute atomic E-state index is 0.416. The Kier molecular flexibility index (Phi) is 2.61. The number of fused-ring (bicyclic) bond motifs is 1. The van der Waals surface area contributed by atoms with E-state index in [4.69, 9.17) is 4.74 Å². The summed E-state index contributed by atoms with van der Waals surface area (Å²) >= 11 is 0. The van der Waals surface area contributed by atoms with Gasteiger partial charge < -0.3 is 4.74 Å². The number of aromatic nitrogens is 2. The molecule has 2 aromatic heterocycles. The fourth-order valence-corrected chi connectivity index (χ4v) is 1.74. The standard InChI is InChI=1S/C14H9FN2O/c15-14-9-10(6-8-17-14)18-13-5-1-4-12-11(13)3-2-7-16-12/h1-9H. The highest BCUT2D eigenvalue weighted by atomic mass is 19.1. The second-order valence-corrected chi connectivity index (χ2v) is 3.74. The zero-order valence-electron chi connectivity index (χ0n) is 9.38. The van der Waals surface area contributed by atoms with E-state index in [0.29, 0.717) is 11.5 Å². The van der Waals surface area contributed by atoms with Crippen molar-refractivity contribution in [2.45, 2.75) is 0 Å². The van der Waals surface area contributed by atoms with E-state index < -0.39 is 5.95 Å². The molecule has 0 N–H and O–H groups in total. The van der Waals surface area contributed by atoms with Crippen LogP contribution in [0.5, 0.6) is 11.5 Å². The van der Waals surface area contributed by atoms with Crippen molar-refractivity contribution >= 4 is 10.9 Å². The predicted molar refractivity (Wildman–Crippen MR) is 66.0 cm³/mol. The van der Waals surface area contributed by atoms with Gasteiger partial charge in [0.25, 0.3) is 0 Å². The molecule has 0 aliphatic rings. The average Bonchev–Trinajstić information content (AvgIpc) is 2.39. The number of pyridine rings is 2. The Morgan fingerprint density at radius 2 is 1.89 bits per heavy atom. The van der Waals surface area contributed by atoms with Crippen molar-refractivity contribution in [2.24, 2.45) is 0 Å². The van der Waals surface area contributed by atoms with Crippen LogP contribution in [0, 0.1) is 5.95 Å². The molecule has 3 rings (SSSR count). The van der Waals surface area contributed by atoms with Gasteiger partial charge in [0, 0.05) is 23.8 Å². The molecule has 88 valence electrons. The normalized spacial score (nSPS) is 10.5. The Hall–Kier alpha value is -2.49. The number of benzene rings is 1. The number of nitrogens with zero attached hydrogens (tertiary/aromatic N) is 2. The van der Waals surface area contributed by atoms with Crippen molar-refractivity contribution in [1.29, 1.82) is 0 Å². The lowest BCUT2D eigenvalue weighted by Crippen LogP contribution is -1.89. The van der Waals surface area contributed by atoms with Crippen molar-refractivity contribution < 1.29 is 9.13 Å². The molecular formula is C14H9FN2O. The number of rotatable bonds is 2. The second kappa shape index (κ2) is 4.41. The maximum atomic E-state index is 13.0. The van der Waals surface area contributed by atoms with Crippen molar-refractivity contribution in [3.8, 4) is 11.5 Å². The Bertz CT molecular complexity index is 695. The highest BCUT2D eigenvalue weighted by Gasteiger charge is 2.04. The van der Waals surface area contributed by atoms with Gasteiger partial charge in [-0.15, -0.1) is 0 Å². The van der Waals surface area contributed by atoms with Crippen LogP contribution in [0.4, 0.5) is 4.39 Å². The molecule has 0 saturated heterocycles. The summed E-state index contributed by atoms with van der Waals surface area (Å²) in [5.74, 6) is 0.496. The molecular weight excluding hydrogens is 231 g/mol. The molecule has 0 saturated carbocycles. The van der Waals surface area contributed by atoms with Gasteiger partial charge in [-0.2, -0.15) is 4.39 Å². The topological polar surface area (TPSA) is 35.0 Å². The summed E-state index contributed by atoms with van der Waals surface area (Å²) < 4.78 is 18.6. The maximum absolute atomic E-state index is 13.0. The van der Waals surface area contributed by atoms with E-state index in [9.17, 15) is 4.39 Å². The summed E-state index contributed by atoms with van der Waals surface area (Å²) in [5.41, 5.74) is 0.838. The van der Waals surface area contributed by atoms with Crippen LogP contribution in [0.1, 0.15) is 0 Å². The second-order valence-electron chi connectivity index (χ2n) is 3.74. The van der Waals surface area contributed by atoms with Crippen molar-refractivity contribution in [1.82, 2.24) is 9.97 Å². The van der Waals surface area contributed by atoms with E-state index in [2.05, 4.69) is 9.97 Å². The molecule has 0 radical (unpaired) electrons. The molecule has 0 amide bonds. The van der Waals surface area contributed by atoms with Gasteiger partial charge in [0.05, 0.1) is 5.52 Å². The van der Waals surface area contributed by atoms with Gasteiger partial charge in [-0.05, 0) is 30.3 Å². The minimum atomic E-state index is -0.564. The van der Waals surface area contributed by atoms with Crippen LogP contribution in [-0.4, -0.2) is 9.97 Å². The molecule has 0 fully saturated rings. The summed E-state index contributed by atoms with van der Waals surface area (Å²) in [6, 6.07) is 12.2. The molecule has 1 aromatic carbocycles. The number of ether oxygens (including phenoxy) is 1. The quantitative estimate of drug-likeness (QED) is 0.642. The van der Waals surface area contributed by atoms with Crippen LogP contribution in [0.2, 0.25) is 0 Å². The molecule has 0 atom stereocenters. The van der Waals surface area contributed by atoms with Crippen LogP contribution in [0.25, 0.3) is 10.9 Å². The lowest BCUT2D eigenvalue weighted by atomic mass is 10.2. The van der Waals surface area contributed by atoms with E-state index in [0.717, 1.165) is 10.9 Å². The van der Waals surface area contributed by atoms with Gasteiger partial charge in [0.15, 0.2) is 0 Å². The van der Waals surface area contributed by atoms with E-state index in [-0.39, 0.29) is 0 Å². The van der Waals surface area contributed by atoms with E-state index in [1.54, 1.807) is 12.3 Å². The van der Waals surface area contributed by atoms with Gasteiger partial charge in [0.2, 0.25) is 5.95 Å². The highest BCUT2D eigenvalue weighted by molar-refractivity contribution is 5.85. The van der Waals surface area contributed by atoms with Crippen LogP contribution in [-0.2, 0) is 0 Å². The largest absolute Gasteiger partial charge is 0.456 e. The van der Waals surface area contributed by atoms with Crippen LogP contribution in [0.15, 0.2) is 54.9 Å². The molecule has 4 heteroatoms. The zero-order chi connectivity index (χ0) is 12.4. The number of hydrogen-bond acceptors (Lipinski definition) is 3. The van der Waals surface area contributed by atoms with Gasteiger partial charge in [-0.3, -0.25) is 4.98 Å². The molecule has 0 bridgehead atoms. The Morgan fingerprint density at radius 3 is 2.78 bits per heavy atom. The zero-order valence-corrected chi connectivity index (χ0v) is 9.38. The van der Waals surface area contributed by atoms with E-state index >= 15 is 0 Å². The van der Waals surface area contributed by atoms with Crippen molar-refractivity contribution in [3.63, 3.8) is 0 Å². The summed E-state index contributed by atoms with van der Waals surface area (Å²) in [4.78, 5) is 7.72. The van der Waals surface area contributed by atoms with Crippen LogP contribution in [0.3, 0.4) is 0 Å². The summed E-state index contributed by atoms with van der Waals surface area (Å²) in [6.45, 7) is 0. The van der Waals surface area contributed by atoms with E-state index in [1.165, 1.54) is 12.3 Å². The molecule has 0 unspecified atom stereocenters. The lowest BCUT2D eigenvalue weighted by molar-refractivity contribution is 0.477. The molecule has 3 aromatic rings. The molecule has 2 heterocycles.